The quantitative estimate of drug-likeness (QED) is 0.896. The van der Waals surface area contributed by atoms with E-state index in [9.17, 15) is 4.79 Å². The summed E-state index contributed by atoms with van der Waals surface area (Å²) in [5.41, 5.74) is 2.52. The standard InChI is InChI=1S/C13H17NO2S/c1-3-9-5-4-6-11-13(9)14(2)10(8-17-11)7-12(15)16/h4-6,10H,3,7-8H2,1-2H3,(H,15,16). The highest BCUT2D eigenvalue weighted by Crippen LogP contribution is 2.39. The molecular formula is C13H17NO2S. The average Bonchev–Trinajstić information content (AvgIpc) is 2.31. The highest BCUT2D eigenvalue weighted by molar-refractivity contribution is 7.99. The Bertz CT molecular complexity index is 419. The first kappa shape index (κ1) is 12.3. The zero-order valence-electron chi connectivity index (χ0n) is 10.1. The van der Waals surface area contributed by atoms with Gasteiger partial charge in [0.05, 0.1) is 12.1 Å². The highest BCUT2D eigenvalue weighted by atomic mass is 32.2. The second-order valence-electron chi connectivity index (χ2n) is 4.29. The maximum Gasteiger partial charge on any atom is 0.305 e. The molecule has 92 valence electrons. The maximum atomic E-state index is 10.8. The van der Waals surface area contributed by atoms with Crippen molar-refractivity contribution >= 4 is 23.4 Å². The van der Waals surface area contributed by atoms with Gasteiger partial charge in [-0.1, -0.05) is 19.1 Å². The third-order valence-electron chi connectivity index (χ3n) is 3.21. The lowest BCUT2D eigenvalue weighted by molar-refractivity contribution is -0.137. The molecule has 1 atom stereocenters. The Morgan fingerprint density at radius 1 is 1.59 bits per heavy atom. The summed E-state index contributed by atoms with van der Waals surface area (Å²) < 4.78 is 0. The van der Waals surface area contributed by atoms with E-state index >= 15 is 0 Å². The van der Waals surface area contributed by atoms with E-state index in [2.05, 4.69) is 30.0 Å². The molecule has 1 aliphatic rings. The molecule has 0 spiro atoms. The summed E-state index contributed by atoms with van der Waals surface area (Å²) in [5, 5.41) is 8.92. The van der Waals surface area contributed by atoms with Crippen LogP contribution in [0.2, 0.25) is 0 Å². The third-order valence-corrected chi connectivity index (χ3v) is 4.40. The molecule has 2 rings (SSSR count). The first-order valence-electron chi connectivity index (χ1n) is 5.82. The molecule has 0 aromatic heterocycles. The van der Waals surface area contributed by atoms with Crippen LogP contribution < -0.4 is 4.90 Å². The number of rotatable bonds is 3. The fourth-order valence-electron chi connectivity index (χ4n) is 2.25. The summed E-state index contributed by atoms with van der Waals surface area (Å²) in [4.78, 5) is 14.3. The Balaban J connectivity index is 2.33. The molecule has 1 heterocycles. The molecule has 1 aliphatic heterocycles. The van der Waals surface area contributed by atoms with Crippen LogP contribution >= 0.6 is 11.8 Å². The van der Waals surface area contributed by atoms with Crippen LogP contribution in [-0.2, 0) is 11.2 Å². The molecule has 3 nitrogen and oxygen atoms in total. The smallest absolute Gasteiger partial charge is 0.305 e. The maximum absolute atomic E-state index is 10.8. The highest BCUT2D eigenvalue weighted by Gasteiger charge is 2.27. The van der Waals surface area contributed by atoms with Crippen molar-refractivity contribution in [3.63, 3.8) is 0 Å². The zero-order chi connectivity index (χ0) is 12.4. The van der Waals surface area contributed by atoms with Crippen molar-refractivity contribution in [1.29, 1.82) is 0 Å². The molecule has 4 heteroatoms. The number of carboxylic acid groups (broad SMARTS) is 1. The predicted molar refractivity (Wildman–Crippen MR) is 71.0 cm³/mol. The van der Waals surface area contributed by atoms with E-state index in [4.69, 9.17) is 5.11 Å². The van der Waals surface area contributed by atoms with Gasteiger partial charge in [-0.05, 0) is 18.1 Å². The Kier molecular flexibility index (Phi) is 3.62. The molecule has 0 radical (unpaired) electrons. The third kappa shape index (κ3) is 2.41. The number of thioether (sulfide) groups is 1. The number of hydrogen-bond donors (Lipinski definition) is 1. The Hall–Kier alpha value is -1.16. The minimum Gasteiger partial charge on any atom is -0.481 e. The Morgan fingerprint density at radius 2 is 2.35 bits per heavy atom. The Labute approximate surface area is 106 Å². The molecule has 0 fully saturated rings. The molecule has 0 saturated carbocycles. The average molecular weight is 251 g/mol. The molecule has 0 saturated heterocycles. The SMILES string of the molecule is CCc1cccc2c1N(C)C(CC(=O)O)CS2. The van der Waals surface area contributed by atoms with Crippen molar-refractivity contribution in [3.05, 3.63) is 23.8 Å². The number of carboxylic acids is 1. The van der Waals surface area contributed by atoms with Crippen LogP contribution in [0, 0.1) is 0 Å². The summed E-state index contributed by atoms with van der Waals surface area (Å²) in [5.74, 6) is 0.128. The number of hydrogen-bond acceptors (Lipinski definition) is 3. The molecule has 1 unspecified atom stereocenters. The molecule has 0 aliphatic carbocycles. The van der Waals surface area contributed by atoms with Gasteiger partial charge in [0.15, 0.2) is 0 Å². The van der Waals surface area contributed by atoms with Crippen LogP contribution in [0.3, 0.4) is 0 Å². The zero-order valence-corrected chi connectivity index (χ0v) is 11.0. The second kappa shape index (κ2) is 5.00. The summed E-state index contributed by atoms with van der Waals surface area (Å²) in [6, 6.07) is 6.42. The molecule has 1 aromatic carbocycles. The number of para-hydroxylation sites is 1. The number of aliphatic carboxylic acids is 1. The summed E-state index contributed by atoms with van der Waals surface area (Å²) in [7, 11) is 2.01. The normalized spacial score (nSPS) is 18.9. The van der Waals surface area contributed by atoms with Crippen molar-refractivity contribution in [2.45, 2.75) is 30.7 Å². The molecule has 17 heavy (non-hydrogen) atoms. The van der Waals surface area contributed by atoms with Gasteiger partial charge in [0.2, 0.25) is 0 Å². The van der Waals surface area contributed by atoms with Crippen LogP contribution in [0.5, 0.6) is 0 Å². The topological polar surface area (TPSA) is 40.5 Å². The van der Waals surface area contributed by atoms with E-state index in [1.807, 2.05) is 7.05 Å². The van der Waals surface area contributed by atoms with Crippen LogP contribution in [0.25, 0.3) is 0 Å². The number of benzene rings is 1. The van der Waals surface area contributed by atoms with Gasteiger partial charge in [-0.3, -0.25) is 4.79 Å². The van der Waals surface area contributed by atoms with E-state index in [1.165, 1.54) is 16.1 Å². The number of aryl methyl sites for hydroxylation is 1. The van der Waals surface area contributed by atoms with Gasteiger partial charge in [-0.15, -0.1) is 11.8 Å². The molecule has 1 N–H and O–H groups in total. The minimum atomic E-state index is -0.722. The van der Waals surface area contributed by atoms with Gasteiger partial charge in [-0.2, -0.15) is 0 Å². The predicted octanol–water partition coefficient (Wildman–Crippen LogP) is 2.63. The van der Waals surface area contributed by atoms with Crippen molar-refractivity contribution in [2.24, 2.45) is 0 Å². The molecule has 0 amide bonds. The van der Waals surface area contributed by atoms with Crippen molar-refractivity contribution < 1.29 is 9.90 Å². The monoisotopic (exact) mass is 251 g/mol. The number of carbonyl (C=O) groups is 1. The van der Waals surface area contributed by atoms with E-state index in [-0.39, 0.29) is 12.5 Å². The van der Waals surface area contributed by atoms with E-state index in [0.717, 1.165) is 12.2 Å². The first-order valence-corrected chi connectivity index (χ1v) is 6.81. The molecular weight excluding hydrogens is 234 g/mol. The van der Waals surface area contributed by atoms with Crippen LogP contribution in [0.1, 0.15) is 18.9 Å². The molecule has 0 bridgehead atoms. The van der Waals surface area contributed by atoms with Gasteiger partial charge in [0.1, 0.15) is 0 Å². The number of anilines is 1. The lowest BCUT2D eigenvalue weighted by Crippen LogP contribution is -2.38. The first-order chi connectivity index (χ1) is 8.13. The minimum absolute atomic E-state index is 0.0951. The number of nitrogens with zero attached hydrogens (tertiary/aromatic N) is 1. The lowest BCUT2D eigenvalue weighted by Gasteiger charge is -2.36. The fourth-order valence-corrected chi connectivity index (χ4v) is 3.55. The van der Waals surface area contributed by atoms with Crippen LogP contribution in [0.15, 0.2) is 23.1 Å². The van der Waals surface area contributed by atoms with E-state index < -0.39 is 5.97 Å². The summed E-state index contributed by atoms with van der Waals surface area (Å²) in [6.45, 7) is 2.13. The summed E-state index contributed by atoms with van der Waals surface area (Å²) in [6.07, 6.45) is 1.19. The van der Waals surface area contributed by atoms with Gasteiger partial charge in [0.25, 0.3) is 0 Å². The van der Waals surface area contributed by atoms with Gasteiger partial charge in [0, 0.05) is 23.7 Å². The van der Waals surface area contributed by atoms with E-state index in [0.29, 0.717) is 0 Å². The van der Waals surface area contributed by atoms with Crippen molar-refractivity contribution in [2.75, 3.05) is 17.7 Å². The van der Waals surface area contributed by atoms with Gasteiger partial charge >= 0.3 is 5.97 Å². The number of fused-ring (bicyclic) bond motifs is 1. The lowest BCUT2D eigenvalue weighted by atomic mass is 10.1. The van der Waals surface area contributed by atoms with Crippen molar-refractivity contribution in [3.8, 4) is 0 Å². The van der Waals surface area contributed by atoms with Gasteiger partial charge < -0.3 is 10.0 Å². The largest absolute Gasteiger partial charge is 0.481 e. The molecule has 1 aromatic rings. The van der Waals surface area contributed by atoms with E-state index in [1.54, 1.807) is 11.8 Å². The van der Waals surface area contributed by atoms with Crippen LogP contribution in [0.4, 0.5) is 5.69 Å². The van der Waals surface area contributed by atoms with Gasteiger partial charge in [-0.25, -0.2) is 0 Å². The van der Waals surface area contributed by atoms with Crippen LogP contribution in [-0.4, -0.2) is 29.9 Å². The fraction of sp³-hybridized carbons (Fsp3) is 0.462. The van der Waals surface area contributed by atoms with Crippen molar-refractivity contribution in [1.82, 2.24) is 0 Å². The second-order valence-corrected chi connectivity index (χ2v) is 5.35. The summed E-state index contributed by atoms with van der Waals surface area (Å²) >= 11 is 1.77. The Morgan fingerprint density at radius 3 is 3.00 bits per heavy atom.